The molecule has 152 valence electrons. The molecule has 1 aliphatic carbocycles. The number of benzene rings is 1. The Morgan fingerprint density at radius 1 is 0.893 bits per heavy atom. The molecule has 2 fully saturated rings. The molecule has 0 radical (unpaired) electrons. The largest absolute Gasteiger partial charge is 0.340 e. The highest BCUT2D eigenvalue weighted by Crippen LogP contribution is 2.31. The number of rotatable bonds is 5. The molecule has 1 saturated heterocycles. The second kappa shape index (κ2) is 9.19. The Bertz CT molecular complexity index is 705. The third kappa shape index (κ3) is 5.10. The lowest BCUT2D eigenvalue weighted by Crippen LogP contribution is -2.56. The normalized spacial score (nSPS) is 19.3. The van der Waals surface area contributed by atoms with Gasteiger partial charge in [-0.1, -0.05) is 12.8 Å². The lowest BCUT2D eigenvalue weighted by Gasteiger charge is -2.40. The van der Waals surface area contributed by atoms with Crippen molar-refractivity contribution in [2.75, 3.05) is 36.8 Å². The van der Waals surface area contributed by atoms with Crippen LogP contribution in [0.3, 0.4) is 0 Å². The van der Waals surface area contributed by atoms with Gasteiger partial charge in [0, 0.05) is 51.4 Å². The molecule has 3 amide bonds. The average molecular weight is 386 g/mol. The van der Waals surface area contributed by atoms with Crippen LogP contribution < -0.4 is 10.6 Å². The van der Waals surface area contributed by atoms with Crippen LogP contribution in [0, 0.1) is 5.92 Å². The minimum Gasteiger partial charge on any atom is -0.340 e. The molecule has 7 heteroatoms. The minimum atomic E-state index is -0.161. The second-order valence-electron chi connectivity index (χ2n) is 7.78. The molecule has 1 heterocycles. The molecule has 1 aromatic rings. The summed E-state index contributed by atoms with van der Waals surface area (Å²) < 4.78 is 0. The van der Waals surface area contributed by atoms with E-state index in [0.29, 0.717) is 24.7 Å². The van der Waals surface area contributed by atoms with Crippen LogP contribution in [-0.4, -0.2) is 59.7 Å². The number of nitrogens with zero attached hydrogens (tertiary/aromatic N) is 2. The summed E-state index contributed by atoms with van der Waals surface area (Å²) in [5, 5.41) is 5.78. The van der Waals surface area contributed by atoms with Crippen LogP contribution in [0.5, 0.6) is 0 Å². The maximum Gasteiger partial charge on any atom is 0.242 e. The molecule has 1 atom stereocenters. The van der Waals surface area contributed by atoms with Gasteiger partial charge in [0.05, 0.1) is 6.04 Å². The molecule has 2 aliphatic rings. The first-order valence-electron chi connectivity index (χ1n) is 10.1. The van der Waals surface area contributed by atoms with E-state index in [1.165, 1.54) is 19.8 Å². The van der Waals surface area contributed by atoms with Gasteiger partial charge in [-0.15, -0.1) is 0 Å². The monoisotopic (exact) mass is 386 g/mol. The van der Waals surface area contributed by atoms with Crippen molar-refractivity contribution in [1.29, 1.82) is 0 Å². The molecule has 7 nitrogen and oxygen atoms in total. The van der Waals surface area contributed by atoms with E-state index in [-0.39, 0.29) is 23.8 Å². The van der Waals surface area contributed by atoms with Crippen molar-refractivity contribution >= 4 is 29.1 Å². The summed E-state index contributed by atoms with van der Waals surface area (Å²) in [6.45, 7) is 5.88. The Labute approximate surface area is 166 Å². The SMILES string of the molecule is CC(=O)Nc1ccc(NC(=O)[C@@H](C2CCCC2)N2CCN(C(C)=O)CC2)cc1. The maximum atomic E-state index is 13.2. The van der Waals surface area contributed by atoms with Crippen molar-refractivity contribution in [1.82, 2.24) is 9.80 Å². The fourth-order valence-electron chi connectivity index (χ4n) is 4.32. The lowest BCUT2D eigenvalue weighted by atomic mass is 9.95. The summed E-state index contributed by atoms with van der Waals surface area (Å²) >= 11 is 0. The van der Waals surface area contributed by atoms with E-state index in [0.717, 1.165) is 31.6 Å². The van der Waals surface area contributed by atoms with Crippen molar-refractivity contribution in [3.05, 3.63) is 24.3 Å². The second-order valence-corrected chi connectivity index (χ2v) is 7.78. The van der Waals surface area contributed by atoms with E-state index >= 15 is 0 Å². The summed E-state index contributed by atoms with van der Waals surface area (Å²) in [4.78, 5) is 40.0. The van der Waals surface area contributed by atoms with Crippen LogP contribution in [0.25, 0.3) is 0 Å². The zero-order valence-electron chi connectivity index (χ0n) is 16.7. The number of piperazine rings is 1. The van der Waals surface area contributed by atoms with E-state index in [2.05, 4.69) is 15.5 Å². The Hall–Kier alpha value is -2.41. The predicted molar refractivity (Wildman–Crippen MR) is 109 cm³/mol. The van der Waals surface area contributed by atoms with E-state index < -0.39 is 0 Å². The standard InChI is InChI=1S/C21H30N4O3/c1-15(26)22-18-7-9-19(10-8-18)23-21(28)20(17-5-3-4-6-17)25-13-11-24(12-14-25)16(2)27/h7-10,17,20H,3-6,11-14H2,1-2H3,(H,22,26)(H,23,28)/t20-/m1/s1. The van der Waals surface area contributed by atoms with Gasteiger partial charge in [-0.25, -0.2) is 0 Å². The van der Waals surface area contributed by atoms with Crippen molar-refractivity contribution in [2.45, 2.75) is 45.6 Å². The number of nitrogens with one attached hydrogen (secondary N) is 2. The molecule has 1 aliphatic heterocycles. The summed E-state index contributed by atoms with van der Waals surface area (Å²) in [7, 11) is 0. The highest BCUT2D eigenvalue weighted by Gasteiger charge is 2.37. The number of hydrogen-bond acceptors (Lipinski definition) is 4. The van der Waals surface area contributed by atoms with Gasteiger partial charge in [0.15, 0.2) is 0 Å². The Balaban J connectivity index is 1.67. The predicted octanol–water partition coefficient (Wildman–Crippen LogP) is 2.31. The molecule has 0 spiro atoms. The smallest absolute Gasteiger partial charge is 0.242 e. The molecule has 3 rings (SSSR count). The summed E-state index contributed by atoms with van der Waals surface area (Å²) in [5.41, 5.74) is 1.43. The van der Waals surface area contributed by atoms with Gasteiger partial charge < -0.3 is 15.5 Å². The molecular weight excluding hydrogens is 356 g/mol. The van der Waals surface area contributed by atoms with Crippen LogP contribution in [0.1, 0.15) is 39.5 Å². The summed E-state index contributed by atoms with van der Waals surface area (Å²) in [6.07, 6.45) is 4.50. The first-order valence-corrected chi connectivity index (χ1v) is 10.1. The van der Waals surface area contributed by atoms with E-state index in [1.807, 2.05) is 17.0 Å². The molecular formula is C21H30N4O3. The number of amides is 3. The summed E-state index contributed by atoms with van der Waals surface area (Å²) in [6, 6.07) is 7.03. The quantitative estimate of drug-likeness (QED) is 0.814. The topological polar surface area (TPSA) is 81.8 Å². The van der Waals surface area contributed by atoms with Crippen LogP contribution in [0.15, 0.2) is 24.3 Å². The highest BCUT2D eigenvalue weighted by atomic mass is 16.2. The maximum absolute atomic E-state index is 13.2. The molecule has 0 aromatic heterocycles. The lowest BCUT2D eigenvalue weighted by molar-refractivity contribution is -0.132. The number of carbonyl (C=O) groups excluding carboxylic acids is 3. The third-order valence-corrected chi connectivity index (χ3v) is 5.74. The van der Waals surface area contributed by atoms with E-state index in [1.54, 1.807) is 19.1 Å². The van der Waals surface area contributed by atoms with Gasteiger partial charge >= 0.3 is 0 Å². The number of anilines is 2. The fraction of sp³-hybridized carbons (Fsp3) is 0.571. The van der Waals surface area contributed by atoms with Crippen LogP contribution in [0.2, 0.25) is 0 Å². The van der Waals surface area contributed by atoms with Gasteiger partial charge in [-0.2, -0.15) is 0 Å². The van der Waals surface area contributed by atoms with Crippen LogP contribution >= 0.6 is 0 Å². The molecule has 1 aromatic carbocycles. The summed E-state index contributed by atoms with van der Waals surface area (Å²) in [5.74, 6) is 0.363. The average Bonchev–Trinajstić information content (AvgIpc) is 3.18. The number of carbonyl (C=O) groups is 3. The van der Waals surface area contributed by atoms with Gasteiger partial charge in [-0.05, 0) is 43.0 Å². The molecule has 28 heavy (non-hydrogen) atoms. The van der Waals surface area contributed by atoms with E-state index in [9.17, 15) is 14.4 Å². The zero-order chi connectivity index (χ0) is 20.1. The van der Waals surface area contributed by atoms with Gasteiger partial charge in [0.2, 0.25) is 17.7 Å². The Kier molecular flexibility index (Phi) is 6.67. The van der Waals surface area contributed by atoms with E-state index in [4.69, 9.17) is 0 Å². The van der Waals surface area contributed by atoms with Gasteiger partial charge in [-0.3, -0.25) is 19.3 Å². The third-order valence-electron chi connectivity index (χ3n) is 5.74. The minimum absolute atomic E-state index is 0.0236. The van der Waals surface area contributed by atoms with Crippen molar-refractivity contribution in [3.8, 4) is 0 Å². The van der Waals surface area contributed by atoms with Gasteiger partial charge in [0.25, 0.3) is 0 Å². The fourth-order valence-corrected chi connectivity index (χ4v) is 4.32. The molecule has 0 bridgehead atoms. The highest BCUT2D eigenvalue weighted by molar-refractivity contribution is 5.95. The van der Waals surface area contributed by atoms with Crippen LogP contribution in [0.4, 0.5) is 11.4 Å². The Morgan fingerprint density at radius 2 is 1.43 bits per heavy atom. The van der Waals surface area contributed by atoms with Crippen LogP contribution in [-0.2, 0) is 14.4 Å². The first kappa shape index (κ1) is 20.3. The Morgan fingerprint density at radius 3 is 1.93 bits per heavy atom. The first-order chi connectivity index (χ1) is 13.4. The van der Waals surface area contributed by atoms with Crippen molar-refractivity contribution in [3.63, 3.8) is 0 Å². The molecule has 0 unspecified atom stereocenters. The zero-order valence-corrected chi connectivity index (χ0v) is 16.7. The van der Waals surface area contributed by atoms with Gasteiger partial charge in [0.1, 0.15) is 0 Å². The molecule has 1 saturated carbocycles. The number of hydrogen-bond donors (Lipinski definition) is 2. The van der Waals surface area contributed by atoms with Crippen molar-refractivity contribution in [2.24, 2.45) is 5.92 Å². The van der Waals surface area contributed by atoms with Crippen molar-refractivity contribution < 1.29 is 14.4 Å². The molecule has 2 N–H and O–H groups in total.